The zero-order valence-corrected chi connectivity index (χ0v) is 15.5. The summed E-state index contributed by atoms with van der Waals surface area (Å²) in [4.78, 5) is 16.9. The van der Waals surface area contributed by atoms with Crippen molar-refractivity contribution < 1.29 is 4.79 Å². The molecule has 4 nitrogen and oxygen atoms in total. The summed E-state index contributed by atoms with van der Waals surface area (Å²) in [6.07, 6.45) is 0. The van der Waals surface area contributed by atoms with Crippen LogP contribution in [0.3, 0.4) is 0 Å². The molecule has 2 aromatic carbocycles. The molecule has 25 heavy (non-hydrogen) atoms. The molecule has 3 aromatic rings. The highest BCUT2D eigenvalue weighted by molar-refractivity contribution is 7.80. The lowest BCUT2D eigenvalue weighted by atomic mass is 10.2. The van der Waals surface area contributed by atoms with Crippen LogP contribution in [0, 0.1) is 6.92 Å². The summed E-state index contributed by atoms with van der Waals surface area (Å²) < 4.78 is 0. The molecule has 0 aliphatic carbocycles. The Morgan fingerprint density at radius 2 is 1.92 bits per heavy atom. The van der Waals surface area contributed by atoms with Crippen LogP contribution in [-0.2, 0) is 0 Å². The van der Waals surface area contributed by atoms with Crippen molar-refractivity contribution in [3.8, 4) is 0 Å². The Balaban J connectivity index is 1.80. The van der Waals surface area contributed by atoms with Gasteiger partial charge in [-0.2, -0.15) is 0 Å². The molecule has 0 saturated heterocycles. The quantitative estimate of drug-likeness (QED) is 0.607. The van der Waals surface area contributed by atoms with Gasteiger partial charge in [-0.1, -0.05) is 41.4 Å². The number of hydrogen-bond acceptors (Lipinski definition) is 3. The molecule has 1 heterocycles. The zero-order chi connectivity index (χ0) is 18.0. The first-order chi connectivity index (χ1) is 11.9. The van der Waals surface area contributed by atoms with Crippen LogP contribution in [0.5, 0.6) is 0 Å². The summed E-state index contributed by atoms with van der Waals surface area (Å²) in [5.74, 6) is -0.436. The summed E-state index contributed by atoms with van der Waals surface area (Å²) in [6, 6.07) is 14.3. The van der Waals surface area contributed by atoms with E-state index in [1.807, 2.05) is 37.3 Å². The first-order valence-electron chi connectivity index (χ1n) is 7.38. The summed E-state index contributed by atoms with van der Waals surface area (Å²) in [5.41, 5.74) is 2.64. The van der Waals surface area contributed by atoms with Crippen molar-refractivity contribution in [2.24, 2.45) is 0 Å². The van der Waals surface area contributed by atoms with Gasteiger partial charge in [0.15, 0.2) is 5.11 Å². The standard InChI is InChI=1S/C18H13Cl2N3OS/c1-10-5-6-11-3-2-4-15(16(11)21-10)22-18(25)23-17(24)13-9-12(19)7-8-14(13)20/h2-9H,1H3,(H2,22,23,24,25). The van der Waals surface area contributed by atoms with Crippen molar-refractivity contribution in [2.45, 2.75) is 6.92 Å². The summed E-state index contributed by atoms with van der Waals surface area (Å²) in [7, 11) is 0. The minimum atomic E-state index is -0.436. The van der Waals surface area contributed by atoms with E-state index < -0.39 is 5.91 Å². The molecule has 0 fully saturated rings. The molecule has 1 amide bonds. The highest BCUT2D eigenvalue weighted by Gasteiger charge is 2.13. The lowest BCUT2D eigenvalue weighted by molar-refractivity contribution is 0.0978. The summed E-state index contributed by atoms with van der Waals surface area (Å²) in [5, 5.41) is 7.45. The van der Waals surface area contributed by atoms with Crippen molar-refractivity contribution in [1.82, 2.24) is 10.3 Å². The van der Waals surface area contributed by atoms with Gasteiger partial charge in [-0.3, -0.25) is 15.1 Å². The van der Waals surface area contributed by atoms with E-state index in [1.165, 1.54) is 6.07 Å². The predicted octanol–water partition coefficient (Wildman–Crippen LogP) is 4.98. The van der Waals surface area contributed by atoms with Crippen molar-refractivity contribution in [3.63, 3.8) is 0 Å². The monoisotopic (exact) mass is 389 g/mol. The Labute approximate surface area is 160 Å². The number of halogens is 2. The van der Waals surface area contributed by atoms with Gasteiger partial charge in [0, 0.05) is 16.1 Å². The Morgan fingerprint density at radius 3 is 2.72 bits per heavy atom. The minimum absolute atomic E-state index is 0.150. The first kappa shape index (κ1) is 17.6. The number of carbonyl (C=O) groups is 1. The highest BCUT2D eigenvalue weighted by atomic mass is 35.5. The fourth-order valence-corrected chi connectivity index (χ4v) is 2.92. The Bertz CT molecular complexity index is 991. The molecule has 7 heteroatoms. The third-order valence-corrected chi connectivity index (χ3v) is 4.28. The fraction of sp³-hybridized carbons (Fsp3) is 0.0556. The molecule has 126 valence electrons. The van der Waals surface area contributed by atoms with Gasteiger partial charge >= 0.3 is 0 Å². The summed E-state index contributed by atoms with van der Waals surface area (Å²) in [6.45, 7) is 1.91. The van der Waals surface area contributed by atoms with Crippen LogP contribution in [-0.4, -0.2) is 16.0 Å². The number of hydrogen-bond donors (Lipinski definition) is 2. The number of para-hydroxylation sites is 1. The summed E-state index contributed by atoms with van der Waals surface area (Å²) >= 11 is 17.2. The van der Waals surface area contributed by atoms with Crippen molar-refractivity contribution in [3.05, 3.63) is 69.8 Å². The SMILES string of the molecule is Cc1ccc2cccc(NC(=S)NC(=O)c3cc(Cl)ccc3Cl)c2n1. The molecule has 0 saturated carbocycles. The Kier molecular flexibility index (Phi) is 5.18. The van der Waals surface area contributed by atoms with Crippen LogP contribution in [0.4, 0.5) is 5.69 Å². The van der Waals surface area contributed by atoms with Gasteiger partial charge in [0.25, 0.3) is 5.91 Å². The Hall–Kier alpha value is -2.21. The van der Waals surface area contributed by atoms with Crippen molar-refractivity contribution in [2.75, 3.05) is 5.32 Å². The predicted molar refractivity (Wildman–Crippen MR) is 107 cm³/mol. The molecule has 0 radical (unpaired) electrons. The van der Waals surface area contributed by atoms with E-state index in [4.69, 9.17) is 35.4 Å². The number of anilines is 1. The number of rotatable bonds is 2. The molecule has 3 rings (SSSR count). The number of amides is 1. The van der Waals surface area contributed by atoms with Gasteiger partial charge in [0.1, 0.15) is 0 Å². The van der Waals surface area contributed by atoms with E-state index in [2.05, 4.69) is 15.6 Å². The number of benzene rings is 2. The number of pyridine rings is 1. The molecule has 2 N–H and O–H groups in total. The molecule has 0 aliphatic rings. The number of nitrogens with one attached hydrogen (secondary N) is 2. The van der Waals surface area contributed by atoms with Crippen LogP contribution in [0.2, 0.25) is 10.0 Å². The average Bonchev–Trinajstić information content (AvgIpc) is 2.57. The Morgan fingerprint density at radius 1 is 1.12 bits per heavy atom. The number of thiocarbonyl (C=S) groups is 1. The molecule has 0 aliphatic heterocycles. The van der Waals surface area contributed by atoms with Gasteiger partial charge in [-0.25, -0.2) is 0 Å². The normalized spacial score (nSPS) is 10.5. The van der Waals surface area contributed by atoms with Crippen LogP contribution in [0.1, 0.15) is 16.1 Å². The maximum absolute atomic E-state index is 12.3. The largest absolute Gasteiger partial charge is 0.331 e. The van der Waals surface area contributed by atoms with E-state index in [0.717, 1.165) is 16.6 Å². The second kappa shape index (κ2) is 7.35. The van der Waals surface area contributed by atoms with Crippen molar-refractivity contribution in [1.29, 1.82) is 0 Å². The van der Waals surface area contributed by atoms with E-state index in [9.17, 15) is 4.79 Å². The fourth-order valence-electron chi connectivity index (χ4n) is 2.34. The van der Waals surface area contributed by atoms with Gasteiger partial charge in [-0.15, -0.1) is 0 Å². The van der Waals surface area contributed by atoms with E-state index in [0.29, 0.717) is 15.7 Å². The second-order valence-electron chi connectivity index (χ2n) is 5.36. The maximum atomic E-state index is 12.3. The second-order valence-corrected chi connectivity index (χ2v) is 6.61. The van der Waals surface area contributed by atoms with Crippen molar-refractivity contribution >= 4 is 63.0 Å². The smallest absolute Gasteiger partial charge is 0.258 e. The minimum Gasteiger partial charge on any atom is -0.331 e. The number of aryl methyl sites for hydroxylation is 1. The van der Waals surface area contributed by atoms with Crippen LogP contribution >= 0.6 is 35.4 Å². The number of carbonyl (C=O) groups excluding carboxylic acids is 1. The van der Waals surface area contributed by atoms with Gasteiger partial charge < -0.3 is 5.32 Å². The molecular weight excluding hydrogens is 377 g/mol. The molecular formula is C18H13Cl2N3OS. The maximum Gasteiger partial charge on any atom is 0.258 e. The van der Waals surface area contributed by atoms with Crippen LogP contribution < -0.4 is 10.6 Å². The van der Waals surface area contributed by atoms with Gasteiger partial charge in [-0.05, 0) is 49.5 Å². The first-order valence-corrected chi connectivity index (χ1v) is 8.54. The van der Waals surface area contributed by atoms with Gasteiger partial charge in [0.05, 0.1) is 21.8 Å². The van der Waals surface area contributed by atoms with Crippen LogP contribution in [0.15, 0.2) is 48.5 Å². The van der Waals surface area contributed by atoms with E-state index in [-0.39, 0.29) is 10.7 Å². The topological polar surface area (TPSA) is 54.0 Å². The lowest BCUT2D eigenvalue weighted by Crippen LogP contribution is -2.34. The van der Waals surface area contributed by atoms with E-state index >= 15 is 0 Å². The third-order valence-electron chi connectivity index (χ3n) is 3.51. The highest BCUT2D eigenvalue weighted by Crippen LogP contribution is 2.22. The lowest BCUT2D eigenvalue weighted by Gasteiger charge is -2.12. The number of nitrogens with zero attached hydrogens (tertiary/aromatic N) is 1. The molecule has 0 unspecified atom stereocenters. The number of fused-ring (bicyclic) bond motifs is 1. The molecule has 1 aromatic heterocycles. The van der Waals surface area contributed by atoms with E-state index in [1.54, 1.807) is 12.1 Å². The number of aromatic nitrogens is 1. The van der Waals surface area contributed by atoms with Gasteiger partial charge in [0.2, 0.25) is 0 Å². The molecule has 0 spiro atoms. The molecule has 0 bridgehead atoms. The van der Waals surface area contributed by atoms with Crippen LogP contribution in [0.25, 0.3) is 10.9 Å². The third kappa shape index (κ3) is 4.07. The average molecular weight is 390 g/mol. The zero-order valence-electron chi connectivity index (χ0n) is 13.1. The molecule has 0 atom stereocenters.